The first-order valence-corrected chi connectivity index (χ1v) is 16.2. The SMILES string of the molecule is Cc1c(CN2CCC(Nc3ncnc4sc(CC(F)(F)F)cc34)CC2)ccc2c1cc(C#N)n2C[C@H](C)N1CCN(C=O)CC1.S. The van der Waals surface area contributed by atoms with E-state index in [0.717, 1.165) is 87.3 Å². The number of fused-ring (bicyclic) bond motifs is 2. The molecule has 46 heavy (non-hydrogen) atoms. The van der Waals surface area contributed by atoms with Gasteiger partial charge in [-0.3, -0.25) is 14.6 Å². The number of nitrogens with zero attached hydrogens (tertiary/aromatic N) is 7. The molecule has 5 heterocycles. The third kappa shape index (κ3) is 7.43. The molecule has 2 fully saturated rings. The van der Waals surface area contributed by atoms with Crippen LogP contribution in [0.25, 0.3) is 21.1 Å². The standard InChI is InChI=1S/C32H37F3N8OS.H2S/c1-21(42-11-9-41(20-44)10-12-42)17-43-25(16-36)13-27-22(2)23(3-4-29(27)43)18-40-7-5-24(6-8-40)39-30-28-14-26(15-32(33,34)35)45-31(28)38-19-37-30;/h3-4,13-14,19-21,24H,5-12,15,17-18H2,1-2H3,(H,37,38,39);1H2/t21-;/m0./s1. The number of rotatable bonds is 9. The molecule has 1 aromatic carbocycles. The Morgan fingerprint density at radius 1 is 1.11 bits per heavy atom. The summed E-state index contributed by atoms with van der Waals surface area (Å²) in [7, 11) is 0. The van der Waals surface area contributed by atoms with Gasteiger partial charge >= 0.3 is 6.18 Å². The molecule has 2 saturated heterocycles. The number of carbonyl (C=O) groups excluding carboxylic acids is 1. The molecular weight excluding hydrogens is 634 g/mol. The number of aromatic nitrogens is 3. The zero-order valence-electron chi connectivity index (χ0n) is 26.0. The predicted octanol–water partition coefficient (Wildman–Crippen LogP) is 5.28. The van der Waals surface area contributed by atoms with E-state index in [1.807, 2.05) is 6.07 Å². The fourth-order valence-corrected chi connectivity index (χ4v) is 7.65. The fourth-order valence-electron chi connectivity index (χ4n) is 6.62. The van der Waals surface area contributed by atoms with Gasteiger partial charge in [0.25, 0.3) is 0 Å². The summed E-state index contributed by atoms with van der Waals surface area (Å²) >= 11 is 1.06. The van der Waals surface area contributed by atoms with Crippen LogP contribution < -0.4 is 5.32 Å². The van der Waals surface area contributed by atoms with Gasteiger partial charge < -0.3 is 14.8 Å². The Kier molecular flexibility index (Phi) is 10.5. The minimum absolute atomic E-state index is 0. The third-order valence-electron chi connectivity index (χ3n) is 9.23. The molecule has 1 atom stereocenters. The fraction of sp³-hybridized carbons (Fsp3) is 0.500. The highest BCUT2D eigenvalue weighted by molar-refractivity contribution is 7.59. The van der Waals surface area contributed by atoms with E-state index in [9.17, 15) is 23.2 Å². The van der Waals surface area contributed by atoms with Crippen molar-refractivity contribution in [1.29, 1.82) is 5.26 Å². The first kappa shape index (κ1) is 34.0. The van der Waals surface area contributed by atoms with Gasteiger partial charge in [0, 0.05) is 80.2 Å². The lowest BCUT2D eigenvalue weighted by molar-refractivity contribution is -0.126. The van der Waals surface area contributed by atoms with Crippen LogP contribution in [0.5, 0.6) is 0 Å². The lowest BCUT2D eigenvalue weighted by Crippen LogP contribution is -2.50. The van der Waals surface area contributed by atoms with Gasteiger partial charge in [0.2, 0.25) is 6.41 Å². The van der Waals surface area contributed by atoms with Gasteiger partial charge in [-0.2, -0.15) is 31.9 Å². The number of amides is 1. The topological polar surface area (TPSA) is 93.3 Å². The average Bonchev–Trinajstić information content (AvgIpc) is 3.60. The number of alkyl halides is 3. The summed E-state index contributed by atoms with van der Waals surface area (Å²) in [6.45, 7) is 10.7. The van der Waals surface area contributed by atoms with E-state index < -0.39 is 12.6 Å². The Morgan fingerprint density at radius 3 is 2.52 bits per heavy atom. The molecule has 14 heteroatoms. The maximum absolute atomic E-state index is 12.9. The second-order valence-electron chi connectivity index (χ2n) is 12.2. The van der Waals surface area contributed by atoms with Crippen molar-refractivity contribution in [2.45, 2.75) is 64.5 Å². The average molecular weight is 673 g/mol. The Bertz CT molecular complexity index is 1720. The van der Waals surface area contributed by atoms with E-state index >= 15 is 0 Å². The molecule has 0 aliphatic carbocycles. The summed E-state index contributed by atoms with van der Waals surface area (Å²) in [5.41, 5.74) is 4.15. The van der Waals surface area contributed by atoms with E-state index in [4.69, 9.17) is 0 Å². The van der Waals surface area contributed by atoms with Crippen LogP contribution in [0.3, 0.4) is 0 Å². The van der Waals surface area contributed by atoms with Crippen LogP contribution in [-0.4, -0.2) is 93.2 Å². The van der Waals surface area contributed by atoms with Crippen molar-refractivity contribution in [3.05, 3.63) is 52.3 Å². The van der Waals surface area contributed by atoms with E-state index in [-0.39, 0.29) is 30.5 Å². The number of hydrogen-bond acceptors (Lipinski definition) is 8. The molecule has 9 nitrogen and oxygen atoms in total. The van der Waals surface area contributed by atoms with Gasteiger partial charge in [-0.1, -0.05) is 6.07 Å². The number of nitrogens with one attached hydrogen (secondary N) is 1. The van der Waals surface area contributed by atoms with Gasteiger partial charge in [-0.25, -0.2) is 9.97 Å². The molecule has 2 aliphatic rings. The number of piperidine rings is 1. The lowest BCUT2D eigenvalue weighted by atomic mass is 10.0. The number of thiophene rings is 1. The Balaban J connectivity index is 0.00000417. The maximum Gasteiger partial charge on any atom is 0.393 e. The summed E-state index contributed by atoms with van der Waals surface area (Å²) in [6.07, 6.45) is -1.11. The summed E-state index contributed by atoms with van der Waals surface area (Å²) in [5, 5.41) is 15.2. The van der Waals surface area contributed by atoms with Crippen LogP contribution in [0, 0.1) is 18.3 Å². The summed E-state index contributed by atoms with van der Waals surface area (Å²) in [5.74, 6) is 0.597. The van der Waals surface area contributed by atoms with Crippen molar-refractivity contribution in [2.24, 2.45) is 0 Å². The molecule has 2 aliphatic heterocycles. The molecule has 0 saturated carbocycles. The van der Waals surface area contributed by atoms with Gasteiger partial charge in [0.05, 0.1) is 11.8 Å². The van der Waals surface area contributed by atoms with Crippen molar-refractivity contribution < 1.29 is 18.0 Å². The quantitative estimate of drug-likeness (QED) is 0.242. The van der Waals surface area contributed by atoms with Gasteiger partial charge in [-0.05, 0) is 56.0 Å². The summed E-state index contributed by atoms with van der Waals surface area (Å²) in [6, 6.07) is 10.7. The van der Waals surface area contributed by atoms with E-state index in [0.29, 0.717) is 28.3 Å². The van der Waals surface area contributed by atoms with Gasteiger partial charge in [-0.15, -0.1) is 11.3 Å². The van der Waals surface area contributed by atoms with Crippen LogP contribution in [0.2, 0.25) is 0 Å². The van der Waals surface area contributed by atoms with Gasteiger partial charge in [0.1, 0.15) is 28.7 Å². The molecular formula is C32H39F3N8OS2. The van der Waals surface area contributed by atoms with E-state index in [1.54, 1.807) is 11.0 Å². The monoisotopic (exact) mass is 672 g/mol. The largest absolute Gasteiger partial charge is 0.393 e. The minimum Gasteiger partial charge on any atom is -0.367 e. The van der Waals surface area contributed by atoms with Crippen molar-refractivity contribution >= 4 is 58.2 Å². The predicted molar refractivity (Wildman–Crippen MR) is 180 cm³/mol. The number of halogens is 3. The molecule has 1 N–H and O–H groups in total. The van der Waals surface area contributed by atoms with Crippen LogP contribution >= 0.6 is 24.8 Å². The number of nitriles is 1. The summed E-state index contributed by atoms with van der Waals surface area (Å²) < 4.78 is 40.9. The number of hydrogen-bond donors (Lipinski definition) is 1. The Labute approximate surface area is 277 Å². The zero-order chi connectivity index (χ0) is 31.7. The highest BCUT2D eigenvalue weighted by atomic mass is 32.1. The molecule has 3 aromatic heterocycles. The molecule has 0 spiro atoms. The normalized spacial score (nSPS) is 17.6. The van der Waals surface area contributed by atoms with Crippen LogP contribution in [0.15, 0.2) is 30.6 Å². The zero-order valence-corrected chi connectivity index (χ0v) is 27.8. The maximum atomic E-state index is 12.9. The second kappa shape index (κ2) is 14.2. The lowest BCUT2D eigenvalue weighted by Gasteiger charge is -2.36. The number of piperazine rings is 1. The third-order valence-corrected chi connectivity index (χ3v) is 10.3. The molecule has 4 aromatic rings. The van der Waals surface area contributed by atoms with Crippen LogP contribution in [0.1, 0.15) is 41.5 Å². The Morgan fingerprint density at radius 2 is 1.85 bits per heavy atom. The minimum atomic E-state index is -4.26. The van der Waals surface area contributed by atoms with Crippen molar-refractivity contribution in [1.82, 2.24) is 29.2 Å². The first-order valence-electron chi connectivity index (χ1n) is 15.4. The number of anilines is 1. The molecule has 1 amide bonds. The number of likely N-dealkylation sites (tertiary alicyclic amines) is 1. The van der Waals surface area contributed by atoms with Crippen molar-refractivity contribution in [3.63, 3.8) is 0 Å². The smallest absolute Gasteiger partial charge is 0.367 e. The van der Waals surface area contributed by atoms with Crippen molar-refractivity contribution in [3.8, 4) is 6.07 Å². The highest BCUT2D eigenvalue weighted by Gasteiger charge is 2.29. The molecule has 246 valence electrons. The molecule has 0 unspecified atom stereocenters. The first-order chi connectivity index (χ1) is 21.6. The molecule has 0 bridgehead atoms. The van der Waals surface area contributed by atoms with Crippen LogP contribution in [0.4, 0.5) is 19.0 Å². The second-order valence-corrected chi connectivity index (χ2v) is 13.3. The Hall–Kier alpha value is -3.38. The number of benzene rings is 1. The number of carbonyl (C=O) groups is 1. The number of aryl methyl sites for hydroxylation is 1. The molecule has 6 rings (SSSR count). The highest BCUT2D eigenvalue weighted by Crippen LogP contribution is 2.33. The van der Waals surface area contributed by atoms with Crippen molar-refractivity contribution in [2.75, 3.05) is 44.6 Å². The van der Waals surface area contributed by atoms with E-state index in [2.05, 4.69) is 61.7 Å². The van der Waals surface area contributed by atoms with Gasteiger partial charge in [0.15, 0.2) is 0 Å². The molecule has 0 radical (unpaired) electrons. The van der Waals surface area contributed by atoms with Crippen LogP contribution in [-0.2, 0) is 24.3 Å². The summed E-state index contributed by atoms with van der Waals surface area (Å²) in [4.78, 5) is 27.0. The van der Waals surface area contributed by atoms with E-state index in [1.165, 1.54) is 17.5 Å².